The molecule has 164 valence electrons. The fourth-order valence-corrected chi connectivity index (χ4v) is 3.09. The highest BCUT2D eigenvalue weighted by molar-refractivity contribution is 7.89. The molecular formula is C19H33N5O4S. The molecule has 0 heterocycles. The van der Waals surface area contributed by atoms with Crippen molar-refractivity contribution in [2.45, 2.75) is 39.3 Å². The maximum absolute atomic E-state index is 12.1. The number of aliphatic imine (C=N–C) groups is 1. The monoisotopic (exact) mass is 427 g/mol. The van der Waals surface area contributed by atoms with Crippen molar-refractivity contribution in [3.63, 3.8) is 0 Å². The minimum absolute atomic E-state index is 0.0687. The van der Waals surface area contributed by atoms with Gasteiger partial charge in [-0.2, -0.15) is 0 Å². The molecule has 9 nitrogen and oxygen atoms in total. The Balaban J connectivity index is 2.19. The summed E-state index contributed by atoms with van der Waals surface area (Å²) in [5.74, 6) is 0.432. The van der Waals surface area contributed by atoms with Crippen LogP contribution in [0.3, 0.4) is 0 Å². The molecule has 1 aromatic rings. The molecule has 0 unspecified atom stereocenters. The lowest BCUT2D eigenvalue weighted by molar-refractivity contribution is 0.0527. The van der Waals surface area contributed by atoms with Crippen LogP contribution in [-0.4, -0.2) is 58.5 Å². The predicted molar refractivity (Wildman–Crippen MR) is 115 cm³/mol. The Kier molecular flexibility index (Phi) is 10.5. The maximum atomic E-state index is 12.1. The quantitative estimate of drug-likeness (QED) is 0.253. The van der Waals surface area contributed by atoms with E-state index in [1.165, 1.54) is 0 Å². The lowest BCUT2D eigenvalue weighted by Gasteiger charge is -2.19. The van der Waals surface area contributed by atoms with Crippen molar-refractivity contribution in [1.82, 2.24) is 20.7 Å². The van der Waals surface area contributed by atoms with Crippen LogP contribution in [0.2, 0.25) is 0 Å². The number of hydrogen-bond donors (Lipinski definition) is 4. The zero-order chi connectivity index (χ0) is 21.8. The van der Waals surface area contributed by atoms with Gasteiger partial charge in [0, 0.05) is 33.2 Å². The first-order valence-corrected chi connectivity index (χ1v) is 11.2. The van der Waals surface area contributed by atoms with Crippen LogP contribution in [0.15, 0.2) is 35.3 Å². The summed E-state index contributed by atoms with van der Waals surface area (Å²) in [5, 5.41) is 8.70. The van der Waals surface area contributed by atoms with Crippen molar-refractivity contribution in [3.8, 4) is 0 Å². The molecule has 0 aliphatic heterocycles. The predicted octanol–water partition coefficient (Wildman–Crippen LogP) is 1.19. The van der Waals surface area contributed by atoms with E-state index in [0.717, 1.165) is 5.56 Å². The zero-order valence-corrected chi connectivity index (χ0v) is 18.4. The minimum Gasteiger partial charge on any atom is -0.444 e. The summed E-state index contributed by atoms with van der Waals surface area (Å²) in [6.45, 7) is 6.93. The molecule has 0 saturated heterocycles. The first-order valence-electron chi connectivity index (χ1n) is 9.54. The van der Waals surface area contributed by atoms with Crippen LogP contribution in [0.5, 0.6) is 0 Å². The van der Waals surface area contributed by atoms with Gasteiger partial charge in [0.15, 0.2) is 5.96 Å². The van der Waals surface area contributed by atoms with Crippen molar-refractivity contribution in [2.24, 2.45) is 4.99 Å². The van der Waals surface area contributed by atoms with E-state index in [9.17, 15) is 13.2 Å². The van der Waals surface area contributed by atoms with Gasteiger partial charge in [-0.1, -0.05) is 30.3 Å². The molecule has 1 amide bonds. The molecule has 0 saturated carbocycles. The van der Waals surface area contributed by atoms with Crippen molar-refractivity contribution < 1.29 is 17.9 Å². The summed E-state index contributed by atoms with van der Waals surface area (Å²) < 4.78 is 31.9. The Morgan fingerprint density at radius 2 is 1.66 bits per heavy atom. The number of hydrogen-bond acceptors (Lipinski definition) is 5. The lowest BCUT2D eigenvalue weighted by Crippen LogP contribution is -2.42. The number of ether oxygens (including phenoxy) is 1. The molecule has 0 radical (unpaired) electrons. The van der Waals surface area contributed by atoms with Crippen LogP contribution < -0.4 is 20.7 Å². The van der Waals surface area contributed by atoms with Gasteiger partial charge in [-0.3, -0.25) is 4.99 Å². The van der Waals surface area contributed by atoms with E-state index in [-0.39, 0.29) is 18.8 Å². The molecular weight excluding hydrogens is 394 g/mol. The number of guanidine groups is 1. The number of nitrogens with zero attached hydrogens (tertiary/aromatic N) is 1. The molecule has 0 aromatic heterocycles. The number of carbonyl (C=O) groups is 1. The van der Waals surface area contributed by atoms with Gasteiger partial charge in [-0.05, 0) is 32.8 Å². The van der Waals surface area contributed by atoms with Gasteiger partial charge in [0.1, 0.15) is 5.60 Å². The second kappa shape index (κ2) is 12.3. The second-order valence-corrected chi connectivity index (χ2v) is 9.26. The second-order valence-electron chi connectivity index (χ2n) is 7.33. The number of amides is 1. The molecule has 0 aliphatic carbocycles. The number of sulfonamides is 1. The average Bonchev–Trinajstić information content (AvgIpc) is 2.64. The Labute approximate surface area is 173 Å². The summed E-state index contributed by atoms with van der Waals surface area (Å²) in [4.78, 5) is 15.6. The Hall–Kier alpha value is -2.33. The molecule has 29 heavy (non-hydrogen) atoms. The first kappa shape index (κ1) is 24.7. The molecule has 0 atom stereocenters. The highest BCUT2D eigenvalue weighted by atomic mass is 32.2. The zero-order valence-electron chi connectivity index (χ0n) is 17.6. The van der Waals surface area contributed by atoms with E-state index >= 15 is 0 Å². The topological polar surface area (TPSA) is 121 Å². The summed E-state index contributed by atoms with van der Waals surface area (Å²) in [7, 11) is -1.79. The Bertz CT molecular complexity index is 746. The van der Waals surface area contributed by atoms with Crippen molar-refractivity contribution in [1.29, 1.82) is 0 Å². The average molecular weight is 428 g/mol. The largest absolute Gasteiger partial charge is 0.444 e. The standard InChI is InChI=1S/C19H33N5O4S/c1-19(2,3)28-18(25)23-12-8-11-21-17(20-4)22-13-14-29(26,27)24-15-16-9-6-5-7-10-16/h5-7,9-10,24H,8,11-15H2,1-4H3,(H,23,25)(H2,20,21,22). The van der Waals surface area contributed by atoms with Crippen LogP contribution in [0, 0.1) is 0 Å². The van der Waals surface area contributed by atoms with Gasteiger partial charge in [0.2, 0.25) is 10.0 Å². The number of benzene rings is 1. The molecule has 1 rings (SSSR count). The van der Waals surface area contributed by atoms with Gasteiger partial charge < -0.3 is 20.7 Å². The Morgan fingerprint density at radius 3 is 2.28 bits per heavy atom. The Morgan fingerprint density at radius 1 is 1.03 bits per heavy atom. The van der Waals surface area contributed by atoms with Crippen molar-refractivity contribution in [2.75, 3.05) is 32.4 Å². The van der Waals surface area contributed by atoms with E-state index in [1.807, 2.05) is 30.3 Å². The van der Waals surface area contributed by atoms with Gasteiger partial charge in [0.05, 0.1) is 5.75 Å². The van der Waals surface area contributed by atoms with Gasteiger partial charge in [-0.15, -0.1) is 0 Å². The minimum atomic E-state index is -3.39. The van der Waals surface area contributed by atoms with Crippen LogP contribution in [0.1, 0.15) is 32.8 Å². The third-order valence-corrected chi connectivity index (χ3v) is 4.87. The van der Waals surface area contributed by atoms with Crippen LogP contribution in [0.4, 0.5) is 4.79 Å². The van der Waals surface area contributed by atoms with E-state index in [2.05, 4.69) is 25.7 Å². The van der Waals surface area contributed by atoms with E-state index in [4.69, 9.17) is 4.74 Å². The van der Waals surface area contributed by atoms with Crippen molar-refractivity contribution >= 4 is 22.1 Å². The molecule has 0 fully saturated rings. The molecule has 0 bridgehead atoms. The summed E-state index contributed by atoms with van der Waals surface area (Å²) in [5.41, 5.74) is 0.381. The summed E-state index contributed by atoms with van der Waals surface area (Å²) in [6, 6.07) is 9.34. The lowest BCUT2D eigenvalue weighted by atomic mass is 10.2. The fraction of sp³-hybridized carbons (Fsp3) is 0.579. The summed E-state index contributed by atoms with van der Waals surface area (Å²) >= 11 is 0. The first-order chi connectivity index (χ1) is 13.6. The third-order valence-electron chi connectivity index (χ3n) is 3.54. The SMILES string of the molecule is CN=C(NCCCNC(=O)OC(C)(C)C)NCCS(=O)(=O)NCc1ccccc1. The fourth-order valence-electron chi connectivity index (χ4n) is 2.19. The third kappa shape index (κ3) is 12.7. The van der Waals surface area contributed by atoms with Crippen LogP contribution in [-0.2, 0) is 21.3 Å². The number of alkyl carbamates (subject to hydrolysis) is 1. The maximum Gasteiger partial charge on any atom is 0.407 e. The van der Waals surface area contributed by atoms with Gasteiger partial charge in [0.25, 0.3) is 0 Å². The molecule has 4 N–H and O–H groups in total. The molecule has 1 aromatic carbocycles. The van der Waals surface area contributed by atoms with Crippen LogP contribution in [0.25, 0.3) is 0 Å². The normalized spacial score (nSPS) is 12.3. The van der Waals surface area contributed by atoms with E-state index in [1.54, 1.807) is 27.8 Å². The number of nitrogens with one attached hydrogen (secondary N) is 4. The molecule has 0 aliphatic rings. The van der Waals surface area contributed by atoms with Gasteiger partial charge >= 0.3 is 6.09 Å². The molecule has 0 spiro atoms. The smallest absolute Gasteiger partial charge is 0.407 e. The van der Waals surface area contributed by atoms with Crippen molar-refractivity contribution in [3.05, 3.63) is 35.9 Å². The summed E-state index contributed by atoms with van der Waals surface area (Å²) in [6.07, 6.45) is 0.213. The van der Waals surface area contributed by atoms with Gasteiger partial charge in [-0.25, -0.2) is 17.9 Å². The van der Waals surface area contributed by atoms with E-state index < -0.39 is 21.7 Å². The highest BCUT2D eigenvalue weighted by Crippen LogP contribution is 2.06. The van der Waals surface area contributed by atoms with Crippen LogP contribution >= 0.6 is 0 Å². The highest BCUT2D eigenvalue weighted by Gasteiger charge is 2.15. The number of rotatable bonds is 10. The number of carbonyl (C=O) groups excluding carboxylic acids is 1. The van der Waals surface area contributed by atoms with E-state index in [0.29, 0.717) is 25.5 Å². The molecule has 10 heteroatoms.